The molecule has 0 saturated heterocycles. The number of aryl methyl sites for hydroxylation is 1. The lowest BCUT2D eigenvalue weighted by Crippen LogP contribution is -2.38. The molecule has 0 fully saturated rings. The number of nitrogens with one attached hydrogen (secondary N) is 1. The predicted octanol–water partition coefficient (Wildman–Crippen LogP) is 1.72. The first-order valence-electron chi connectivity index (χ1n) is 6.80. The van der Waals surface area contributed by atoms with Gasteiger partial charge in [-0.2, -0.15) is 0 Å². The monoisotopic (exact) mass is 303 g/mol. The number of carbonyl (C=O) groups is 2. The van der Waals surface area contributed by atoms with Crippen LogP contribution >= 0.6 is 0 Å². The minimum absolute atomic E-state index is 0.189. The average Bonchev–Trinajstić information content (AvgIpc) is 2.47. The lowest BCUT2D eigenvalue weighted by molar-refractivity contribution is -0.135. The van der Waals surface area contributed by atoms with Crippen molar-refractivity contribution in [3.05, 3.63) is 53.3 Å². The summed E-state index contributed by atoms with van der Waals surface area (Å²) in [7, 11) is 0. The SMILES string of the molecule is Cc1ccc(OC2=CCNC(/C(=C\C(=O)O)C(=O)O)C2)cc1. The van der Waals surface area contributed by atoms with Gasteiger partial charge in [0.1, 0.15) is 11.5 Å². The Hall–Kier alpha value is -2.60. The zero-order valence-electron chi connectivity index (χ0n) is 12.1. The van der Waals surface area contributed by atoms with E-state index in [0.29, 0.717) is 18.1 Å². The normalized spacial score (nSPS) is 18.5. The van der Waals surface area contributed by atoms with E-state index in [4.69, 9.17) is 14.9 Å². The molecule has 3 N–H and O–H groups in total. The highest BCUT2D eigenvalue weighted by atomic mass is 16.5. The third-order valence-electron chi connectivity index (χ3n) is 3.27. The number of hydrogen-bond donors (Lipinski definition) is 3. The van der Waals surface area contributed by atoms with Crippen molar-refractivity contribution < 1.29 is 24.5 Å². The van der Waals surface area contributed by atoms with Crippen LogP contribution in [0, 0.1) is 6.92 Å². The van der Waals surface area contributed by atoms with Crippen LogP contribution in [0.1, 0.15) is 12.0 Å². The van der Waals surface area contributed by atoms with Gasteiger partial charge in [-0.3, -0.25) is 0 Å². The third kappa shape index (κ3) is 4.20. The molecule has 1 aliphatic rings. The minimum Gasteiger partial charge on any atom is -0.478 e. The standard InChI is InChI=1S/C16H17NO5/c1-10-2-4-11(5-3-10)22-12-6-7-17-14(8-12)13(16(20)21)9-15(18)19/h2-6,9,14,17H,7-8H2,1H3,(H,18,19)(H,20,21)/b13-9+. The molecule has 1 aromatic carbocycles. The molecule has 0 saturated carbocycles. The molecule has 6 heteroatoms. The number of carboxylic acid groups (broad SMARTS) is 2. The first-order valence-corrected chi connectivity index (χ1v) is 6.80. The highest BCUT2D eigenvalue weighted by Crippen LogP contribution is 2.21. The Morgan fingerprint density at radius 1 is 1.27 bits per heavy atom. The van der Waals surface area contributed by atoms with Crippen LogP contribution in [-0.4, -0.2) is 34.7 Å². The van der Waals surface area contributed by atoms with E-state index in [2.05, 4.69) is 5.32 Å². The molecule has 0 spiro atoms. The molecule has 1 atom stereocenters. The zero-order valence-corrected chi connectivity index (χ0v) is 12.1. The van der Waals surface area contributed by atoms with E-state index in [0.717, 1.165) is 11.6 Å². The van der Waals surface area contributed by atoms with Gasteiger partial charge in [-0.05, 0) is 25.1 Å². The maximum atomic E-state index is 11.2. The first-order chi connectivity index (χ1) is 10.5. The Balaban J connectivity index is 2.10. The highest BCUT2D eigenvalue weighted by molar-refractivity contribution is 5.95. The Labute approximate surface area is 127 Å². The smallest absolute Gasteiger partial charge is 0.333 e. The van der Waals surface area contributed by atoms with Crippen molar-refractivity contribution in [2.75, 3.05) is 6.54 Å². The summed E-state index contributed by atoms with van der Waals surface area (Å²) in [6, 6.07) is 6.90. The summed E-state index contributed by atoms with van der Waals surface area (Å²) in [6.07, 6.45) is 2.81. The molecule has 0 amide bonds. The van der Waals surface area contributed by atoms with Crippen LogP contribution in [0.4, 0.5) is 0 Å². The zero-order chi connectivity index (χ0) is 16.1. The fourth-order valence-corrected chi connectivity index (χ4v) is 2.18. The van der Waals surface area contributed by atoms with Gasteiger partial charge >= 0.3 is 11.9 Å². The molecule has 1 unspecified atom stereocenters. The molecule has 116 valence electrons. The number of ether oxygens (including phenoxy) is 1. The second kappa shape index (κ2) is 6.91. The van der Waals surface area contributed by atoms with Crippen LogP contribution in [0.25, 0.3) is 0 Å². The first kappa shape index (κ1) is 15.8. The number of benzene rings is 1. The van der Waals surface area contributed by atoms with Crippen LogP contribution in [0.3, 0.4) is 0 Å². The van der Waals surface area contributed by atoms with E-state index in [9.17, 15) is 9.59 Å². The summed E-state index contributed by atoms with van der Waals surface area (Å²) in [5.74, 6) is -1.26. The van der Waals surface area contributed by atoms with Gasteiger partial charge in [0.05, 0.1) is 5.57 Å². The molecule has 0 aliphatic carbocycles. The second-order valence-corrected chi connectivity index (χ2v) is 4.99. The van der Waals surface area contributed by atoms with E-state index in [1.165, 1.54) is 0 Å². The molecule has 22 heavy (non-hydrogen) atoms. The second-order valence-electron chi connectivity index (χ2n) is 4.99. The van der Waals surface area contributed by atoms with Crippen molar-refractivity contribution in [3.8, 4) is 5.75 Å². The maximum Gasteiger partial charge on any atom is 0.333 e. The van der Waals surface area contributed by atoms with Crippen molar-refractivity contribution in [2.45, 2.75) is 19.4 Å². The van der Waals surface area contributed by atoms with Crippen molar-refractivity contribution in [1.29, 1.82) is 0 Å². The summed E-state index contributed by atoms with van der Waals surface area (Å²) < 4.78 is 5.73. The van der Waals surface area contributed by atoms with Gasteiger partial charge in [-0.1, -0.05) is 17.7 Å². The summed E-state index contributed by atoms with van der Waals surface area (Å²) >= 11 is 0. The molecule has 1 heterocycles. The predicted molar refractivity (Wildman–Crippen MR) is 79.7 cm³/mol. The molecule has 1 aliphatic heterocycles. The Morgan fingerprint density at radius 3 is 2.55 bits per heavy atom. The number of aliphatic carboxylic acids is 2. The molecular weight excluding hydrogens is 286 g/mol. The summed E-state index contributed by atoms with van der Waals surface area (Å²) in [6.45, 7) is 2.38. The number of rotatable bonds is 5. The van der Waals surface area contributed by atoms with Gasteiger partial charge in [0.2, 0.25) is 0 Å². The van der Waals surface area contributed by atoms with Crippen molar-refractivity contribution in [1.82, 2.24) is 5.32 Å². The summed E-state index contributed by atoms with van der Waals surface area (Å²) in [4.78, 5) is 22.0. The maximum absolute atomic E-state index is 11.2. The fraction of sp³-hybridized carbons (Fsp3) is 0.250. The molecule has 0 aromatic heterocycles. The van der Waals surface area contributed by atoms with Crippen molar-refractivity contribution in [2.24, 2.45) is 0 Å². The average molecular weight is 303 g/mol. The fourth-order valence-electron chi connectivity index (χ4n) is 2.18. The number of hydrogen-bond acceptors (Lipinski definition) is 4. The largest absolute Gasteiger partial charge is 0.478 e. The van der Waals surface area contributed by atoms with Gasteiger partial charge in [0.25, 0.3) is 0 Å². The van der Waals surface area contributed by atoms with Gasteiger partial charge in [0.15, 0.2) is 0 Å². The summed E-state index contributed by atoms with van der Waals surface area (Å²) in [5.41, 5.74) is 0.924. The molecule has 0 radical (unpaired) electrons. The van der Waals surface area contributed by atoms with Crippen LogP contribution in [0.15, 0.2) is 47.7 Å². The van der Waals surface area contributed by atoms with Crippen LogP contribution in [0.5, 0.6) is 5.75 Å². The lowest BCUT2D eigenvalue weighted by Gasteiger charge is -2.24. The van der Waals surface area contributed by atoms with E-state index in [1.807, 2.05) is 37.3 Å². The topological polar surface area (TPSA) is 95.9 Å². The van der Waals surface area contributed by atoms with Gasteiger partial charge in [-0.25, -0.2) is 9.59 Å². The quantitative estimate of drug-likeness (QED) is 0.717. The van der Waals surface area contributed by atoms with E-state index >= 15 is 0 Å². The molecule has 6 nitrogen and oxygen atoms in total. The van der Waals surface area contributed by atoms with Gasteiger partial charge in [-0.15, -0.1) is 0 Å². The number of carboxylic acids is 2. The highest BCUT2D eigenvalue weighted by Gasteiger charge is 2.25. The molecule has 0 bridgehead atoms. The van der Waals surface area contributed by atoms with Crippen molar-refractivity contribution >= 4 is 11.9 Å². The molecule has 1 aromatic rings. The third-order valence-corrected chi connectivity index (χ3v) is 3.27. The summed E-state index contributed by atoms with van der Waals surface area (Å²) in [5, 5.41) is 20.9. The van der Waals surface area contributed by atoms with Gasteiger partial charge < -0.3 is 20.3 Å². The van der Waals surface area contributed by atoms with Crippen LogP contribution in [0.2, 0.25) is 0 Å². The van der Waals surface area contributed by atoms with Crippen molar-refractivity contribution in [3.63, 3.8) is 0 Å². The van der Waals surface area contributed by atoms with E-state index in [-0.39, 0.29) is 12.0 Å². The lowest BCUT2D eigenvalue weighted by atomic mass is 9.99. The minimum atomic E-state index is -1.28. The molecular formula is C16H17NO5. The van der Waals surface area contributed by atoms with Crippen LogP contribution in [-0.2, 0) is 9.59 Å². The van der Waals surface area contributed by atoms with E-state index < -0.39 is 18.0 Å². The van der Waals surface area contributed by atoms with Gasteiger partial charge in [0, 0.05) is 25.1 Å². The Kier molecular flexibility index (Phi) is 4.95. The molecule has 2 rings (SSSR count). The Morgan fingerprint density at radius 2 is 1.95 bits per heavy atom. The Bertz CT molecular complexity index is 630. The van der Waals surface area contributed by atoms with E-state index in [1.54, 1.807) is 0 Å². The van der Waals surface area contributed by atoms with Crippen LogP contribution < -0.4 is 10.1 Å².